The second-order valence-corrected chi connectivity index (χ2v) is 8.55. The second-order valence-electron chi connectivity index (χ2n) is 8.55. The molecule has 5 rings (SSSR count). The van der Waals surface area contributed by atoms with E-state index in [1.165, 1.54) is 32.4 Å². The first-order chi connectivity index (χ1) is 9.76. The lowest BCUT2D eigenvalue weighted by Gasteiger charge is -2.58. The van der Waals surface area contributed by atoms with Gasteiger partial charge in [-0.2, -0.15) is 0 Å². The molecule has 1 aliphatic heterocycles. The molecule has 0 spiro atoms. The van der Waals surface area contributed by atoms with Crippen molar-refractivity contribution in [3.63, 3.8) is 0 Å². The van der Waals surface area contributed by atoms with Gasteiger partial charge in [0, 0.05) is 19.2 Å². The molecular weight excluding hydrogens is 246 g/mol. The van der Waals surface area contributed by atoms with E-state index in [0.29, 0.717) is 12.0 Å². The van der Waals surface area contributed by atoms with E-state index in [2.05, 4.69) is 4.90 Å². The fourth-order valence-corrected chi connectivity index (χ4v) is 6.67. The Hall–Kier alpha value is -0.0800. The quantitative estimate of drug-likeness (QED) is 0.832. The minimum absolute atomic E-state index is 0.377. The lowest BCUT2D eigenvalue weighted by molar-refractivity contribution is -0.0711. The van der Waals surface area contributed by atoms with Crippen LogP contribution >= 0.6 is 0 Å². The maximum Gasteiger partial charge on any atom is 0.0431 e. The van der Waals surface area contributed by atoms with Crippen molar-refractivity contribution >= 4 is 0 Å². The summed E-state index contributed by atoms with van der Waals surface area (Å²) in [5, 5.41) is 9.10. The lowest BCUT2D eigenvalue weighted by atomic mass is 9.49. The molecule has 1 unspecified atom stereocenters. The summed E-state index contributed by atoms with van der Waals surface area (Å²) in [7, 11) is 0. The van der Waals surface area contributed by atoms with Crippen molar-refractivity contribution < 1.29 is 5.11 Å². The largest absolute Gasteiger partial charge is 0.396 e. The summed E-state index contributed by atoms with van der Waals surface area (Å²) >= 11 is 0. The molecule has 5 aliphatic rings. The summed E-state index contributed by atoms with van der Waals surface area (Å²) in [6.07, 6.45) is 14.3. The van der Waals surface area contributed by atoms with Gasteiger partial charge in [-0.1, -0.05) is 0 Å². The first-order valence-corrected chi connectivity index (χ1v) is 9.11. The van der Waals surface area contributed by atoms with Crippen LogP contribution in [0.4, 0.5) is 0 Å². The van der Waals surface area contributed by atoms with E-state index in [0.717, 1.165) is 30.2 Å². The maximum absolute atomic E-state index is 9.10. The summed E-state index contributed by atoms with van der Waals surface area (Å²) in [6.45, 7) is 3.10. The van der Waals surface area contributed by atoms with Gasteiger partial charge in [0.2, 0.25) is 0 Å². The third-order valence-corrected chi connectivity index (χ3v) is 6.90. The number of hydrogen-bond donors (Lipinski definition) is 1. The molecule has 4 aliphatic carbocycles. The topological polar surface area (TPSA) is 23.5 Å². The van der Waals surface area contributed by atoms with Gasteiger partial charge in [0.25, 0.3) is 0 Å². The Balaban J connectivity index is 1.43. The molecule has 0 aromatic carbocycles. The zero-order chi connectivity index (χ0) is 13.6. The Morgan fingerprint density at radius 1 is 1.00 bits per heavy atom. The van der Waals surface area contributed by atoms with Gasteiger partial charge in [-0.25, -0.2) is 0 Å². The highest BCUT2D eigenvalue weighted by molar-refractivity contribution is 5.03. The predicted molar refractivity (Wildman–Crippen MR) is 81.5 cm³/mol. The summed E-state index contributed by atoms with van der Waals surface area (Å²) < 4.78 is 0. The van der Waals surface area contributed by atoms with Gasteiger partial charge >= 0.3 is 0 Å². The molecule has 1 saturated heterocycles. The maximum atomic E-state index is 9.10. The van der Waals surface area contributed by atoms with Gasteiger partial charge < -0.3 is 5.11 Å². The summed E-state index contributed by atoms with van der Waals surface area (Å²) in [5.41, 5.74) is 0.705. The van der Waals surface area contributed by atoms with E-state index in [1.807, 2.05) is 0 Å². The predicted octanol–water partition coefficient (Wildman–Crippen LogP) is 3.44. The smallest absolute Gasteiger partial charge is 0.0431 e. The molecule has 0 aromatic heterocycles. The number of likely N-dealkylation sites (tertiary alicyclic amines) is 1. The van der Waals surface area contributed by atoms with Crippen LogP contribution in [0, 0.1) is 23.2 Å². The summed E-state index contributed by atoms with van der Waals surface area (Å²) in [4.78, 5) is 2.82. The van der Waals surface area contributed by atoms with E-state index in [1.54, 1.807) is 38.5 Å². The number of hydrogen-bond acceptors (Lipinski definition) is 2. The van der Waals surface area contributed by atoms with Gasteiger partial charge in [0.1, 0.15) is 0 Å². The van der Waals surface area contributed by atoms with Crippen molar-refractivity contribution in [3.05, 3.63) is 0 Å². The Morgan fingerprint density at radius 3 is 2.25 bits per heavy atom. The van der Waals surface area contributed by atoms with Crippen LogP contribution in [0.3, 0.4) is 0 Å². The van der Waals surface area contributed by atoms with E-state index >= 15 is 0 Å². The number of aliphatic hydroxyl groups is 1. The van der Waals surface area contributed by atoms with Crippen LogP contribution in [0.5, 0.6) is 0 Å². The second kappa shape index (κ2) is 5.28. The fourth-order valence-electron chi connectivity index (χ4n) is 6.67. The molecule has 1 atom stereocenters. The molecule has 5 fully saturated rings. The molecule has 114 valence electrons. The van der Waals surface area contributed by atoms with Gasteiger partial charge in [0.15, 0.2) is 0 Å². The standard InChI is InChI=1S/C18H31NO/c20-6-2-4-17-3-1-5-19(17)13-18-10-14-7-15(11-18)9-16(8-14)12-18/h14-17,20H,1-13H2. The molecule has 0 radical (unpaired) electrons. The molecule has 1 N–H and O–H groups in total. The van der Waals surface area contributed by atoms with Crippen LogP contribution < -0.4 is 0 Å². The lowest BCUT2D eigenvalue weighted by Crippen LogP contribution is -2.52. The molecule has 2 nitrogen and oxygen atoms in total. The van der Waals surface area contributed by atoms with E-state index < -0.39 is 0 Å². The van der Waals surface area contributed by atoms with Crippen molar-refractivity contribution in [2.75, 3.05) is 19.7 Å². The molecule has 4 saturated carbocycles. The Bertz CT molecular complexity index is 318. The van der Waals surface area contributed by atoms with E-state index in [-0.39, 0.29) is 0 Å². The minimum Gasteiger partial charge on any atom is -0.396 e. The Morgan fingerprint density at radius 2 is 1.65 bits per heavy atom. The first kappa shape index (κ1) is 13.6. The highest BCUT2D eigenvalue weighted by atomic mass is 16.2. The van der Waals surface area contributed by atoms with Gasteiger partial charge in [-0.05, 0) is 93.9 Å². The molecule has 0 aromatic rings. The Labute approximate surface area is 123 Å². The zero-order valence-corrected chi connectivity index (χ0v) is 12.9. The van der Waals surface area contributed by atoms with Crippen molar-refractivity contribution in [2.24, 2.45) is 23.2 Å². The van der Waals surface area contributed by atoms with E-state index in [9.17, 15) is 0 Å². The monoisotopic (exact) mass is 277 g/mol. The third kappa shape index (κ3) is 2.43. The van der Waals surface area contributed by atoms with E-state index in [4.69, 9.17) is 5.11 Å². The minimum atomic E-state index is 0.377. The van der Waals surface area contributed by atoms with Gasteiger partial charge in [-0.3, -0.25) is 4.90 Å². The Kier molecular flexibility index (Phi) is 3.58. The van der Waals surface area contributed by atoms with Crippen molar-refractivity contribution in [3.8, 4) is 0 Å². The van der Waals surface area contributed by atoms with Crippen LogP contribution in [0.25, 0.3) is 0 Å². The molecule has 1 heterocycles. The van der Waals surface area contributed by atoms with Crippen LogP contribution in [-0.2, 0) is 0 Å². The van der Waals surface area contributed by atoms with Crippen molar-refractivity contribution in [1.82, 2.24) is 4.90 Å². The highest BCUT2D eigenvalue weighted by Crippen LogP contribution is 2.60. The fraction of sp³-hybridized carbons (Fsp3) is 1.00. The first-order valence-electron chi connectivity index (χ1n) is 9.11. The van der Waals surface area contributed by atoms with Crippen LogP contribution in [0.1, 0.15) is 64.2 Å². The third-order valence-electron chi connectivity index (χ3n) is 6.90. The van der Waals surface area contributed by atoms with Crippen LogP contribution in [-0.4, -0.2) is 35.7 Å². The van der Waals surface area contributed by atoms with Crippen LogP contribution in [0.15, 0.2) is 0 Å². The van der Waals surface area contributed by atoms with Crippen molar-refractivity contribution in [2.45, 2.75) is 70.3 Å². The number of aliphatic hydroxyl groups excluding tert-OH is 1. The SMILES string of the molecule is OCCCC1CCCN1CC12CC3CC(CC(C3)C1)C2. The molecule has 4 bridgehead atoms. The van der Waals surface area contributed by atoms with Gasteiger partial charge in [-0.15, -0.1) is 0 Å². The molecule has 2 heteroatoms. The highest BCUT2D eigenvalue weighted by Gasteiger charge is 2.51. The molecule has 0 amide bonds. The number of rotatable bonds is 5. The summed E-state index contributed by atoms with van der Waals surface area (Å²) in [6, 6.07) is 0.787. The van der Waals surface area contributed by atoms with Crippen LogP contribution in [0.2, 0.25) is 0 Å². The zero-order valence-electron chi connectivity index (χ0n) is 12.9. The van der Waals surface area contributed by atoms with Crippen molar-refractivity contribution in [1.29, 1.82) is 0 Å². The summed E-state index contributed by atoms with van der Waals surface area (Å²) in [5.74, 6) is 3.25. The average molecular weight is 277 g/mol. The number of nitrogens with zero attached hydrogens (tertiary/aromatic N) is 1. The molecule has 20 heavy (non-hydrogen) atoms. The normalized spacial score (nSPS) is 47.2. The average Bonchev–Trinajstić information content (AvgIpc) is 2.81. The van der Waals surface area contributed by atoms with Gasteiger partial charge in [0.05, 0.1) is 0 Å². The molecular formula is C18H31NO.